The molecule has 0 unspecified atom stereocenters. The second kappa shape index (κ2) is 3.76. The van der Waals surface area contributed by atoms with E-state index in [0.717, 1.165) is 29.7 Å². The summed E-state index contributed by atoms with van der Waals surface area (Å²) >= 11 is 0. The lowest BCUT2D eigenvalue weighted by Crippen LogP contribution is -2.33. The molecule has 0 saturated heterocycles. The summed E-state index contributed by atoms with van der Waals surface area (Å²) in [5.74, 6) is 0.718. The average molecular weight is 234 g/mol. The van der Waals surface area contributed by atoms with Gasteiger partial charge in [0.1, 0.15) is 17.1 Å². The monoisotopic (exact) mass is 234 g/mol. The number of fused-ring (bicyclic) bond motifs is 1. The number of ether oxygens (including phenoxy) is 1. The van der Waals surface area contributed by atoms with Gasteiger partial charge in [0.25, 0.3) is 0 Å². The standard InChI is InChI=1S/C14H18O3/c1-8-7-11(9(2)15)12(16)10-5-6-14(3,4)17-13(8)10/h7,16H,5-6H2,1-4H3. The number of carbonyl (C=O) groups excluding carboxylic acids is 1. The number of carbonyl (C=O) groups is 1. The van der Waals surface area contributed by atoms with Crippen LogP contribution in [-0.4, -0.2) is 16.5 Å². The Morgan fingerprint density at radius 2 is 2.12 bits per heavy atom. The van der Waals surface area contributed by atoms with Crippen LogP contribution in [0.2, 0.25) is 0 Å². The van der Waals surface area contributed by atoms with Crippen molar-refractivity contribution in [3.63, 3.8) is 0 Å². The third-order valence-electron chi connectivity index (χ3n) is 3.27. The number of hydrogen-bond acceptors (Lipinski definition) is 3. The summed E-state index contributed by atoms with van der Waals surface area (Å²) in [6.07, 6.45) is 1.59. The Morgan fingerprint density at radius 3 is 2.71 bits per heavy atom. The number of hydrogen-bond donors (Lipinski definition) is 1. The van der Waals surface area contributed by atoms with Crippen molar-refractivity contribution >= 4 is 5.78 Å². The van der Waals surface area contributed by atoms with Crippen molar-refractivity contribution in [2.75, 3.05) is 0 Å². The van der Waals surface area contributed by atoms with Gasteiger partial charge in [0, 0.05) is 5.56 Å². The summed E-state index contributed by atoms with van der Waals surface area (Å²) in [7, 11) is 0. The van der Waals surface area contributed by atoms with Gasteiger partial charge in [-0.25, -0.2) is 0 Å². The van der Waals surface area contributed by atoms with E-state index in [2.05, 4.69) is 0 Å². The molecular formula is C14H18O3. The molecule has 0 atom stereocenters. The van der Waals surface area contributed by atoms with Crippen LogP contribution in [0.1, 0.15) is 48.7 Å². The van der Waals surface area contributed by atoms with E-state index in [0.29, 0.717) is 5.56 Å². The van der Waals surface area contributed by atoms with Crippen LogP contribution in [0.5, 0.6) is 11.5 Å². The van der Waals surface area contributed by atoms with Gasteiger partial charge in [-0.1, -0.05) is 0 Å². The molecule has 1 aromatic carbocycles. The van der Waals surface area contributed by atoms with Crippen LogP contribution in [0.4, 0.5) is 0 Å². The van der Waals surface area contributed by atoms with Crippen molar-refractivity contribution in [2.24, 2.45) is 0 Å². The van der Waals surface area contributed by atoms with Gasteiger partial charge in [-0.3, -0.25) is 4.79 Å². The zero-order valence-corrected chi connectivity index (χ0v) is 10.8. The van der Waals surface area contributed by atoms with E-state index in [9.17, 15) is 9.90 Å². The van der Waals surface area contributed by atoms with Gasteiger partial charge in [-0.2, -0.15) is 0 Å². The molecule has 1 aromatic rings. The quantitative estimate of drug-likeness (QED) is 0.760. The Hall–Kier alpha value is -1.51. The molecule has 3 nitrogen and oxygen atoms in total. The lowest BCUT2D eigenvalue weighted by molar-refractivity contribution is 0.0825. The fourth-order valence-corrected chi connectivity index (χ4v) is 2.25. The Morgan fingerprint density at radius 1 is 1.47 bits per heavy atom. The van der Waals surface area contributed by atoms with Crippen molar-refractivity contribution in [3.05, 3.63) is 22.8 Å². The molecule has 92 valence electrons. The number of aryl methyl sites for hydroxylation is 1. The number of aromatic hydroxyl groups is 1. The molecule has 17 heavy (non-hydrogen) atoms. The largest absolute Gasteiger partial charge is 0.507 e. The number of ketones is 1. The van der Waals surface area contributed by atoms with E-state index >= 15 is 0 Å². The lowest BCUT2D eigenvalue weighted by Gasteiger charge is -2.34. The van der Waals surface area contributed by atoms with Crippen LogP contribution in [0, 0.1) is 6.92 Å². The molecule has 0 saturated carbocycles. The molecule has 1 N–H and O–H groups in total. The van der Waals surface area contributed by atoms with Gasteiger partial charge in [0.15, 0.2) is 5.78 Å². The molecular weight excluding hydrogens is 216 g/mol. The first-order valence-corrected chi connectivity index (χ1v) is 5.87. The summed E-state index contributed by atoms with van der Waals surface area (Å²) in [6.45, 7) is 7.44. The van der Waals surface area contributed by atoms with Crippen LogP contribution < -0.4 is 4.74 Å². The molecule has 1 aliphatic heterocycles. The Labute approximate surface area is 101 Å². The highest BCUT2D eigenvalue weighted by atomic mass is 16.5. The molecule has 0 radical (unpaired) electrons. The Balaban J connectivity index is 2.60. The minimum Gasteiger partial charge on any atom is -0.507 e. The predicted molar refractivity (Wildman–Crippen MR) is 65.9 cm³/mol. The summed E-state index contributed by atoms with van der Waals surface area (Å²) in [5, 5.41) is 10.1. The van der Waals surface area contributed by atoms with Crippen LogP contribution in [0.25, 0.3) is 0 Å². The minimum atomic E-state index is -0.206. The zero-order chi connectivity index (χ0) is 12.8. The van der Waals surface area contributed by atoms with Gasteiger partial charge < -0.3 is 9.84 Å². The van der Waals surface area contributed by atoms with Crippen LogP contribution in [-0.2, 0) is 6.42 Å². The fraction of sp³-hybridized carbons (Fsp3) is 0.500. The second-order valence-electron chi connectivity index (χ2n) is 5.32. The number of phenols is 1. The summed E-state index contributed by atoms with van der Waals surface area (Å²) in [4.78, 5) is 11.4. The first-order chi connectivity index (χ1) is 7.82. The van der Waals surface area contributed by atoms with Crippen molar-refractivity contribution in [1.82, 2.24) is 0 Å². The van der Waals surface area contributed by atoms with Crippen molar-refractivity contribution in [3.8, 4) is 11.5 Å². The van der Waals surface area contributed by atoms with Gasteiger partial charge in [0.05, 0.1) is 5.56 Å². The number of Topliss-reactive ketones (excluding diaryl/α,β-unsaturated/α-hetero) is 1. The first kappa shape index (κ1) is 12.0. The summed E-state index contributed by atoms with van der Waals surface area (Å²) < 4.78 is 5.89. The van der Waals surface area contributed by atoms with Gasteiger partial charge in [-0.15, -0.1) is 0 Å². The van der Waals surface area contributed by atoms with Gasteiger partial charge in [-0.05, 0) is 52.2 Å². The molecule has 0 spiro atoms. The molecule has 0 bridgehead atoms. The third-order valence-corrected chi connectivity index (χ3v) is 3.27. The van der Waals surface area contributed by atoms with E-state index in [4.69, 9.17) is 4.74 Å². The van der Waals surface area contributed by atoms with Crippen LogP contribution in [0.3, 0.4) is 0 Å². The van der Waals surface area contributed by atoms with Crippen molar-refractivity contribution in [1.29, 1.82) is 0 Å². The average Bonchev–Trinajstić information content (AvgIpc) is 2.21. The van der Waals surface area contributed by atoms with Crippen LogP contribution in [0.15, 0.2) is 6.07 Å². The Kier molecular flexibility index (Phi) is 2.64. The maximum Gasteiger partial charge on any atom is 0.163 e. The first-order valence-electron chi connectivity index (χ1n) is 5.87. The molecule has 0 aliphatic carbocycles. The topological polar surface area (TPSA) is 46.5 Å². The number of phenolic OH excluding ortho intramolecular Hbond substituents is 1. The van der Waals surface area contributed by atoms with Crippen LogP contribution >= 0.6 is 0 Å². The predicted octanol–water partition coefficient (Wildman–Crippen LogP) is 3.01. The molecule has 3 heteroatoms. The fourth-order valence-electron chi connectivity index (χ4n) is 2.25. The lowest BCUT2D eigenvalue weighted by atomic mass is 9.90. The summed E-state index contributed by atoms with van der Waals surface area (Å²) in [6, 6.07) is 1.71. The maximum absolute atomic E-state index is 11.4. The van der Waals surface area contributed by atoms with Crippen molar-refractivity contribution < 1.29 is 14.6 Å². The Bertz CT molecular complexity index is 487. The highest BCUT2D eigenvalue weighted by Crippen LogP contribution is 2.42. The zero-order valence-electron chi connectivity index (χ0n) is 10.8. The van der Waals surface area contributed by atoms with E-state index in [1.165, 1.54) is 6.92 Å². The SMILES string of the molecule is CC(=O)c1cc(C)c2c(c1O)CCC(C)(C)O2. The molecule has 1 aliphatic rings. The van der Waals surface area contributed by atoms with E-state index < -0.39 is 0 Å². The smallest absolute Gasteiger partial charge is 0.163 e. The van der Waals surface area contributed by atoms with Gasteiger partial charge >= 0.3 is 0 Å². The molecule has 1 heterocycles. The van der Waals surface area contributed by atoms with E-state index in [-0.39, 0.29) is 17.1 Å². The highest BCUT2D eigenvalue weighted by Gasteiger charge is 2.30. The third kappa shape index (κ3) is 2.02. The number of rotatable bonds is 1. The van der Waals surface area contributed by atoms with E-state index in [1.54, 1.807) is 6.07 Å². The minimum absolute atomic E-state index is 0.0913. The summed E-state index contributed by atoms with van der Waals surface area (Å²) in [5.41, 5.74) is 1.87. The normalized spacial score (nSPS) is 17.2. The highest BCUT2D eigenvalue weighted by molar-refractivity contribution is 5.97. The molecule has 0 amide bonds. The van der Waals surface area contributed by atoms with E-state index in [1.807, 2.05) is 20.8 Å². The maximum atomic E-state index is 11.4. The molecule has 2 rings (SSSR count). The van der Waals surface area contributed by atoms with Gasteiger partial charge in [0.2, 0.25) is 0 Å². The molecule has 0 fully saturated rings. The molecule has 0 aromatic heterocycles. The number of benzene rings is 1. The second-order valence-corrected chi connectivity index (χ2v) is 5.32. The van der Waals surface area contributed by atoms with Crippen molar-refractivity contribution in [2.45, 2.75) is 46.1 Å².